The van der Waals surface area contributed by atoms with E-state index < -0.39 is 0 Å². The Morgan fingerprint density at radius 1 is 0.400 bits per heavy atom. The lowest BCUT2D eigenvalue weighted by molar-refractivity contribution is 0.654. The van der Waals surface area contributed by atoms with Crippen LogP contribution in [0.15, 0.2) is 168 Å². The summed E-state index contributed by atoms with van der Waals surface area (Å²) in [6.07, 6.45) is 1.74. The van der Waals surface area contributed by atoms with E-state index in [-0.39, 0.29) is 0 Å². The van der Waals surface area contributed by atoms with Crippen molar-refractivity contribution in [1.82, 2.24) is 24.5 Å². The summed E-state index contributed by atoms with van der Waals surface area (Å²) in [7, 11) is 0. The van der Waals surface area contributed by atoms with Crippen LogP contribution in [0.2, 0.25) is 0 Å². The van der Waals surface area contributed by atoms with Gasteiger partial charge >= 0.3 is 0 Å². The summed E-state index contributed by atoms with van der Waals surface area (Å²) in [6.45, 7) is 0. The Bertz CT molecular complexity index is 2800. The first-order chi connectivity index (χ1) is 24.8. The SMILES string of the molecule is c1ccc(-c2nc(-c3ccc(-c4ccc(-n5c6ccccc6c6ccccc65)cc4)cc3)nc(-c3ccc4c(c3)oc3ncccc34)n2)cc1. The first-order valence-electron chi connectivity index (χ1n) is 16.6. The number of nitrogens with zero attached hydrogens (tertiary/aromatic N) is 5. The molecule has 10 aromatic rings. The molecule has 0 amide bonds. The molecule has 4 heterocycles. The van der Waals surface area contributed by atoms with Gasteiger partial charge in [0.15, 0.2) is 17.5 Å². The van der Waals surface area contributed by atoms with E-state index in [1.165, 1.54) is 21.8 Å². The van der Waals surface area contributed by atoms with Gasteiger partial charge in [-0.05, 0) is 59.7 Å². The number of para-hydroxylation sites is 2. The maximum absolute atomic E-state index is 6.08. The van der Waals surface area contributed by atoms with Crippen LogP contribution in [-0.4, -0.2) is 24.5 Å². The Morgan fingerprint density at radius 3 is 1.60 bits per heavy atom. The van der Waals surface area contributed by atoms with Gasteiger partial charge in [0.2, 0.25) is 5.71 Å². The molecule has 0 saturated heterocycles. The number of hydrogen-bond acceptors (Lipinski definition) is 5. The lowest BCUT2D eigenvalue weighted by Crippen LogP contribution is -2.00. The summed E-state index contributed by atoms with van der Waals surface area (Å²) in [5.74, 6) is 1.80. The van der Waals surface area contributed by atoms with E-state index in [2.05, 4.69) is 107 Å². The molecule has 0 fully saturated rings. The predicted octanol–water partition coefficient (Wildman–Crippen LogP) is 10.9. The van der Waals surface area contributed by atoms with Crippen molar-refractivity contribution in [2.24, 2.45) is 0 Å². The van der Waals surface area contributed by atoms with Crippen LogP contribution in [0.5, 0.6) is 0 Å². The van der Waals surface area contributed by atoms with Gasteiger partial charge in [0.25, 0.3) is 0 Å². The second-order valence-corrected chi connectivity index (χ2v) is 12.3. The van der Waals surface area contributed by atoms with Gasteiger partial charge in [-0.1, -0.05) is 109 Å². The Morgan fingerprint density at radius 2 is 0.920 bits per heavy atom. The van der Waals surface area contributed by atoms with Gasteiger partial charge in [0.05, 0.1) is 11.0 Å². The van der Waals surface area contributed by atoms with Crippen LogP contribution in [0.3, 0.4) is 0 Å². The van der Waals surface area contributed by atoms with E-state index in [1.54, 1.807) is 6.20 Å². The molecule has 0 spiro atoms. The summed E-state index contributed by atoms with van der Waals surface area (Å²) in [4.78, 5) is 19.2. The molecule has 6 aromatic carbocycles. The smallest absolute Gasteiger partial charge is 0.227 e. The number of benzene rings is 6. The van der Waals surface area contributed by atoms with Crippen LogP contribution in [0.4, 0.5) is 0 Å². The second-order valence-electron chi connectivity index (χ2n) is 12.3. The fraction of sp³-hybridized carbons (Fsp3) is 0. The van der Waals surface area contributed by atoms with Gasteiger partial charge in [-0.3, -0.25) is 0 Å². The quantitative estimate of drug-likeness (QED) is 0.187. The van der Waals surface area contributed by atoms with Crippen molar-refractivity contribution in [3.05, 3.63) is 164 Å². The maximum Gasteiger partial charge on any atom is 0.227 e. The summed E-state index contributed by atoms with van der Waals surface area (Å²) in [6, 6.07) is 54.4. The fourth-order valence-electron chi connectivity index (χ4n) is 6.92. The average molecular weight is 642 g/mol. The molecule has 0 radical (unpaired) electrons. The van der Waals surface area contributed by atoms with Crippen LogP contribution >= 0.6 is 0 Å². The molecule has 0 aliphatic rings. The highest BCUT2D eigenvalue weighted by molar-refractivity contribution is 6.09. The topological polar surface area (TPSA) is 69.6 Å². The normalized spacial score (nSPS) is 11.6. The number of aromatic nitrogens is 5. The largest absolute Gasteiger partial charge is 0.438 e. The van der Waals surface area contributed by atoms with Gasteiger partial charge in [0, 0.05) is 50.1 Å². The molecule has 234 valence electrons. The monoisotopic (exact) mass is 641 g/mol. The van der Waals surface area contributed by atoms with Crippen LogP contribution in [0.1, 0.15) is 0 Å². The van der Waals surface area contributed by atoms with Gasteiger partial charge in [-0.25, -0.2) is 19.9 Å². The molecule has 0 saturated carbocycles. The standard InChI is InChI=1S/C44H27N5O/c1-2-9-30(10-3-1)41-46-42(48-43(47-41)32-22-25-36-37-13-8-26-45-44(37)50-40(36)27-32)31-18-16-28(17-19-31)29-20-23-33(24-21-29)49-38-14-6-4-11-34(38)35-12-5-7-15-39(35)49/h1-27H. The van der Waals surface area contributed by atoms with Crippen molar-refractivity contribution in [2.75, 3.05) is 0 Å². The zero-order valence-corrected chi connectivity index (χ0v) is 26.7. The summed E-state index contributed by atoms with van der Waals surface area (Å²) in [5, 5.41) is 4.50. The predicted molar refractivity (Wildman–Crippen MR) is 201 cm³/mol. The lowest BCUT2D eigenvalue weighted by atomic mass is 10.0. The molecule has 4 aromatic heterocycles. The van der Waals surface area contributed by atoms with Crippen LogP contribution < -0.4 is 0 Å². The van der Waals surface area contributed by atoms with Crippen molar-refractivity contribution in [1.29, 1.82) is 0 Å². The third-order valence-corrected chi connectivity index (χ3v) is 9.36. The first kappa shape index (κ1) is 28.1. The van der Waals surface area contributed by atoms with Crippen molar-refractivity contribution >= 4 is 43.9 Å². The van der Waals surface area contributed by atoms with Crippen LogP contribution in [0, 0.1) is 0 Å². The van der Waals surface area contributed by atoms with Gasteiger partial charge in [-0.15, -0.1) is 0 Å². The van der Waals surface area contributed by atoms with Crippen molar-refractivity contribution in [3.8, 4) is 51.0 Å². The number of fused-ring (bicyclic) bond motifs is 6. The lowest BCUT2D eigenvalue weighted by Gasteiger charge is -2.10. The minimum absolute atomic E-state index is 0.578. The number of pyridine rings is 1. The zero-order chi connectivity index (χ0) is 33.0. The minimum atomic E-state index is 0.578. The third kappa shape index (κ3) is 4.65. The van der Waals surface area contributed by atoms with E-state index in [4.69, 9.17) is 19.4 Å². The highest BCUT2D eigenvalue weighted by Gasteiger charge is 2.16. The molecular formula is C44H27N5O. The molecule has 6 heteroatoms. The van der Waals surface area contributed by atoms with Gasteiger partial charge in [0.1, 0.15) is 5.58 Å². The maximum atomic E-state index is 6.08. The molecule has 0 aliphatic carbocycles. The van der Waals surface area contributed by atoms with Crippen molar-refractivity contribution in [3.63, 3.8) is 0 Å². The van der Waals surface area contributed by atoms with Crippen LogP contribution in [-0.2, 0) is 0 Å². The highest BCUT2D eigenvalue weighted by atomic mass is 16.3. The molecule has 0 aliphatic heterocycles. The summed E-state index contributed by atoms with van der Waals surface area (Å²) in [5.41, 5.74) is 9.81. The summed E-state index contributed by atoms with van der Waals surface area (Å²) < 4.78 is 8.42. The van der Waals surface area contributed by atoms with E-state index in [1.807, 2.05) is 60.7 Å². The molecule has 10 rings (SSSR count). The number of hydrogen-bond donors (Lipinski definition) is 0. The third-order valence-electron chi connectivity index (χ3n) is 9.36. The van der Waals surface area contributed by atoms with Crippen molar-refractivity contribution in [2.45, 2.75) is 0 Å². The number of rotatable bonds is 5. The minimum Gasteiger partial charge on any atom is -0.438 e. The Kier molecular flexibility index (Phi) is 6.39. The van der Waals surface area contributed by atoms with Crippen molar-refractivity contribution < 1.29 is 4.42 Å². The molecule has 50 heavy (non-hydrogen) atoms. The molecule has 0 bridgehead atoms. The zero-order valence-electron chi connectivity index (χ0n) is 26.7. The molecular weight excluding hydrogens is 615 g/mol. The van der Waals surface area contributed by atoms with E-state index >= 15 is 0 Å². The molecule has 0 N–H and O–H groups in total. The Balaban J connectivity index is 1.01. The number of furan rings is 1. The Hall–Kier alpha value is -6.92. The van der Waals surface area contributed by atoms with Crippen LogP contribution in [0.25, 0.3) is 94.9 Å². The van der Waals surface area contributed by atoms with E-state index in [9.17, 15) is 0 Å². The highest BCUT2D eigenvalue weighted by Crippen LogP contribution is 2.34. The molecule has 6 nitrogen and oxygen atoms in total. The fourth-order valence-corrected chi connectivity index (χ4v) is 6.92. The molecule has 0 unspecified atom stereocenters. The van der Waals surface area contributed by atoms with Gasteiger partial charge in [-0.2, -0.15) is 0 Å². The second kappa shape index (κ2) is 11.4. The average Bonchev–Trinajstić information content (AvgIpc) is 3.74. The van der Waals surface area contributed by atoms with Gasteiger partial charge < -0.3 is 8.98 Å². The Labute approximate surface area is 287 Å². The first-order valence-corrected chi connectivity index (χ1v) is 16.6. The van der Waals surface area contributed by atoms with E-state index in [0.717, 1.165) is 49.9 Å². The molecule has 0 atom stereocenters. The van der Waals surface area contributed by atoms with E-state index in [0.29, 0.717) is 23.2 Å². The summed E-state index contributed by atoms with van der Waals surface area (Å²) >= 11 is 0.